The summed E-state index contributed by atoms with van der Waals surface area (Å²) in [4.78, 5) is 52.7. The van der Waals surface area contributed by atoms with Crippen LogP contribution in [0.4, 0.5) is 0 Å². The molecule has 1 heterocycles. The van der Waals surface area contributed by atoms with Crippen molar-refractivity contribution in [3.8, 4) is 0 Å². The number of amides is 1. The standard InChI is InChI=1S/C26H38N2O5.C10H16O4S/c1-4-11-21(25(30)32-5-2)27-18(3)24(29)28-22-15-10-9-14-20(22)16-23(28)26(31)33-17-19-12-7-6-8-13-19;1-9(2)7-3-4-10(9,8(11)5-7)6-15(12,13)14/h6-8,12-13,18,20-23,27H,4-5,9-11,14-17H2,1-3H3;7H,3-6H2,1-2H3,(H,12,13,14)/t18-,20-,21-,22-,23-;/m0./s1. The Labute approximate surface area is 285 Å². The molecule has 2 N–H and O–H groups in total. The summed E-state index contributed by atoms with van der Waals surface area (Å²) in [6.07, 6.45) is 8.12. The number of rotatable bonds is 12. The maximum atomic E-state index is 13.6. The van der Waals surface area contributed by atoms with Crippen molar-refractivity contribution in [1.82, 2.24) is 10.2 Å². The van der Waals surface area contributed by atoms with Crippen LogP contribution in [0, 0.1) is 22.7 Å². The maximum absolute atomic E-state index is 13.6. The second kappa shape index (κ2) is 15.8. The maximum Gasteiger partial charge on any atom is 0.329 e. The molecule has 0 aromatic heterocycles. The lowest BCUT2D eigenvalue weighted by Gasteiger charge is -2.35. The molecule has 3 saturated carbocycles. The molecule has 1 aliphatic heterocycles. The van der Waals surface area contributed by atoms with Crippen molar-refractivity contribution < 1.29 is 41.6 Å². The third kappa shape index (κ3) is 8.30. The Morgan fingerprint density at radius 3 is 2.33 bits per heavy atom. The number of hydrogen-bond donors (Lipinski definition) is 2. The summed E-state index contributed by atoms with van der Waals surface area (Å²) in [7, 11) is -4.08. The molecule has 12 heteroatoms. The average Bonchev–Trinajstić information content (AvgIpc) is 3.60. The molecule has 1 saturated heterocycles. The number of nitrogens with zero attached hydrogens (tertiary/aromatic N) is 1. The first kappa shape index (κ1) is 38.0. The first-order valence-electron chi connectivity index (χ1n) is 17.6. The fourth-order valence-electron chi connectivity index (χ4n) is 8.63. The van der Waals surface area contributed by atoms with Crippen molar-refractivity contribution in [3.05, 3.63) is 35.9 Å². The Hall–Kier alpha value is -2.83. The summed E-state index contributed by atoms with van der Waals surface area (Å²) in [5.74, 6) is -0.605. The summed E-state index contributed by atoms with van der Waals surface area (Å²) >= 11 is 0. The zero-order chi connectivity index (χ0) is 35.3. The van der Waals surface area contributed by atoms with Crippen LogP contribution in [-0.2, 0) is 45.4 Å². The van der Waals surface area contributed by atoms with Gasteiger partial charge in [0.15, 0.2) is 0 Å². The number of ketones is 1. The number of ether oxygens (including phenoxy) is 2. The fraction of sp³-hybridized carbons (Fsp3) is 0.722. The van der Waals surface area contributed by atoms with E-state index >= 15 is 0 Å². The third-order valence-corrected chi connectivity index (χ3v) is 12.2. The van der Waals surface area contributed by atoms with Crippen LogP contribution in [0.15, 0.2) is 30.3 Å². The first-order chi connectivity index (χ1) is 22.6. The summed E-state index contributed by atoms with van der Waals surface area (Å²) in [6.45, 7) is 9.92. The Kier molecular flexibility index (Phi) is 12.5. The highest BCUT2D eigenvalue weighted by molar-refractivity contribution is 7.85. The van der Waals surface area contributed by atoms with Gasteiger partial charge in [-0.05, 0) is 75.2 Å². The van der Waals surface area contributed by atoms with Crippen LogP contribution in [0.5, 0.6) is 0 Å². The number of carbonyl (C=O) groups excluding carboxylic acids is 4. The first-order valence-corrected chi connectivity index (χ1v) is 19.2. The van der Waals surface area contributed by atoms with Gasteiger partial charge in [0.25, 0.3) is 10.1 Å². The van der Waals surface area contributed by atoms with Gasteiger partial charge < -0.3 is 14.4 Å². The van der Waals surface area contributed by atoms with E-state index in [0.717, 1.165) is 44.1 Å². The third-order valence-electron chi connectivity index (χ3n) is 11.4. The van der Waals surface area contributed by atoms with Gasteiger partial charge in [0.05, 0.1) is 23.8 Å². The predicted molar refractivity (Wildman–Crippen MR) is 180 cm³/mol. The van der Waals surface area contributed by atoms with E-state index in [0.29, 0.717) is 38.2 Å². The second-order valence-corrected chi connectivity index (χ2v) is 16.0. The molecule has 4 fully saturated rings. The smallest absolute Gasteiger partial charge is 0.329 e. The Morgan fingerprint density at radius 1 is 1.06 bits per heavy atom. The van der Waals surface area contributed by atoms with E-state index in [1.165, 1.54) is 0 Å². The lowest BCUT2D eigenvalue weighted by Crippen LogP contribution is -2.55. The van der Waals surface area contributed by atoms with Gasteiger partial charge >= 0.3 is 11.9 Å². The zero-order valence-electron chi connectivity index (χ0n) is 29.1. The minimum atomic E-state index is -4.08. The Balaban J connectivity index is 0.000000287. The molecule has 0 spiro atoms. The van der Waals surface area contributed by atoms with Crippen molar-refractivity contribution in [2.45, 2.75) is 130 Å². The molecule has 4 aliphatic rings. The zero-order valence-corrected chi connectivity index (χ0v) is 29.9. The Bertz CT molecular complexity index is 1420. The van der Waals surface area contributed by atoms with Crippen molar-refractivity contribution in [2.24, 2.45) is 22.7 Å². The van der Waals surface area contributed by atoms with Crippen LogP contribution in [0.25, 0.3) is 0 Å². The molecule has 2 unspecified atom stereocenters. The lowest BCUT2D eigenvalue weighted by atomic mass is 9.70. The highest BCUT2D eigenvalue weighted by Crippen LogP contribution is 2.64. The predicted octanol–water partition coefficient (Wildman–Crippen LogP) is 4.87. The minimum absolute atomic E-state index is 0.0152. The second-order valence-electron chi connectivity index (χ2n) is 14.6. The highest BCUT2D eigenvalue weighted by atomic mass is 32.2. The molecule has 3 aliphatic carbocycles. The molecular weight excluding hydrogens is 636 g/mol. The van der Waals surface area contributed by atoms with Gasteiger partial charge in [-0.3, -0.25) is 24.3 Å². The fourth-order valence-corrected chi connectivity index (χ4v) is 9.93. The van der Waals surface area contributed by atoms with Crippen LogP contribution in [-0.4, -0.2) is 78.0 Å². The number of hydrogen-bond acceptors (Lipinski definition) is 9. The number of esters is 2. The van der Waals surface area contributed by atoms with Crippen LogP contribution < -0.4 is 5.32 Å². The molecule has 268 valence electrons. The molecule has 7 atom stereocenters. The average molecular weight is 691 g/mol. The molecule has 0 radical (unpaired) electrons. The van der Waals surface area contributed by atoms with Crippen LogP contribution in [0.2, 0.25) is 0 Å². The van der Waals surface area contributed by atoms with Crippen molar-refractivity contribution in [3.63, 3.8) is 0 Å². The van der Waals surface area contributed by atoms with E-state index < -0.39 is 39.4 Å². The molecule has 5 rings (SSSR count). The number of fused-ring (bicyclic) bond motifs is 3. The largest absolute Gasteiger partial charge is 0.465 e. The lowest BCUT2D eigenvalue weighted by molar-refractivity contribution is -0.157. The van der Waals surface area contributed by atoms with E-state index in [1.54, 1.807) is 18.7 Å². The molecular formula is C36H54N2O9S. The molecule has 1 aromatic carbocycles. The SMILES string of the molecule is CC1(C)C2CCC1(CS(=O)(=O)O)C(=O)C2.CCC[C@H](N[C@@H](C)C(=O)N1[C@H](C(=O)OCc2ccccc2)C[C@@H]2CCCC[C@@H]21)C(=O)OCC. The van der Waals surface area contributed by atoms with Crippen molar-refractivity contribution in [1.29, 1.82) is 0 Å². The number of likely N-dealkylation sites (tertiary alicyclic amines) is 1. The molecule has 1 aromatic rings. The molecule has 2 bridgehead atoms. The minimum Gasteiger partial charge on any atom is -0.465 e. The number of carbonyl (C=O) groups is 4. The summed E-state index contributed by atoms with van der Waals surface area (Å²) in [5, 5.41) is 3.17. The summed E-state index contributed by atoms with van der Waals surface area (Å²) < 4.78 is 41.8. The molecule has 1 amide bonds. The van der Waals surface area contributed by atoms with Crippen LogP contribution in [0.1, 0.15) is 104 Å². The summed E-state index contributed by atoms with van der Waals surface area (Å²) in [6, 6.07) is 7.91. The monoisotopic (exact) mass is 690 g/mol. The quantitative estimate of drug-likeness (QED) is 0.229. The normalized spacial score (nSPS) is 28.5. The van der Waals surface area contributed by atoms with E-state index in [9.17, 15) is 27.6 Å². The topological polar surface area (TPSA) is 156 Å². The van der Waals surface area contributed by atoms with Gasteiger partial charge in [0.2, 0.25) is 5.91 Å². The van der Waals surface area contributed by atoms with E-state index in [4.69, 9.17) is 14.0 Å². The van der Waals surface area contributed by atoms with Crippen molar-refractivity contribution >= 4 is 33.7 Å². The number of benzene rings is 1. The number of nitrogens with one attached hydrogen (secondary N) is 1. The number of Topliss-reactive ketones (excluding diaryl/α,β-unsaturated/α-hetero) is 1. The highest BCUT2D eigenvalue weighted by Gasteiger charge is 2.65. The van der Waals surface area contributed by atoms with E-state index in [1.807, 2.05) is 51.1 Å². The Morgan fingerprint density at radius 2 is 1.75 bits per heavy atom. The summed E-state index contributed by atoms with van der Waals surface area (Å²) in [5.41, 5.74) is -0.198. The van der Waals surface area contributed by atoms with E-state index in [-0.39, 0.29) is 47.6 Å². The van der Waals surface area contributed by atoms with Gasteiger partial charge in [-0.25, -0.2) is 4.79 Å². The van der Waals surface area contributed by atoms with Crippen molar-refractivity contribution in [2.75, 3.05) is 12.4 Å². The van der Waals surface area contributed by atoms with Crippen LogP contribution in [0.3, 0.4) is 0 Å². The van der Waals surface area contributed by atoms with Gasteiger partial charge in [-0.2, -0.15) is 8.42 Å². The molecule has 11 nitrogen and oxygen atoms in total. The van der Waals surface area contributed by atoms with Gasteiger partial charge in [-0.1, -0.05) is 70.4 Å². The van der Waals surface area contributed by atoms with Gasteiger partial charge in [-0.15, -0.1) is 0 Å². The van der Waals surface area contributed by atoms with Crippen LogP contribution >= 0.6 is 0 Å². The molecule has 48 heavy (non-hydrogen) atoms. The van der Waals surface area contributed by atoms with E-state index in [2.05, 4.69) is 5.32 Å². The van der Waals surface area contributed by atoms with Gasteiger partial charge in [0, 0.05) is 12.5 Å². The van der Waals surface area contributed by atoms with Gasteiger partial charge in [0.1, 0.15) is 24.5 Å².